The molecule has 0 bridgehead atoms. The number of carbonyl (C=O) groups is 2. The van der Waals surface area contributed by atoms with Gasteiger partial charge in [-0.2, -0.15) is 0 Å². The SMILES string of the molecule is Cc1cc(F)ccc1[C@@H](C)[C@H](C)OC(=O)CCC(=O)OC(C)(C)C. The second-order valence-corrected chi connectivity index (χ2v) is 7.07. The predicted octanol–water partition coefficient (Wildman–Crippen LogP) is 4.29. The molecule has 0 saturated carbocycles. The highest BCUT2D eigenvalue weighted by molar-refractivity contribution is 5.78. The van der Waals surface area contributed by atoms with Crippen molar-refractivity contribution in [2.24, 2.45) is 0 Å². The lowest BCUT2D eigenvalue weighted by molar-refractivity contribution is -0.159. The largest absolute Gasteiger partial charge is 0.462 e. The molecule has 0 aromatic heterocycles. The van der Waals surface area contributed by atoms with Crippen LogP contribution in [0.4, 0.5) is 4.39 Å². The van der Waals surface area contributed by atoms with Gasteiger partial charge >= 0.3 is 11.9 Å². The van der Waals surface area contributed by atoms with Crippen molar-refractivity contribution in [3.05, 3.63) is 35.1 Å². The summed E-state index contributed by atoms with van der Waals surface area (Å²) in [5.41, 5.74) is 1.19. The first-order valence-electron chi connectivity index (χ1n) is 8.17. The van der Waals surface area contributed by atoms with Crippen LogP contribution in [0, 0.1) is 12.7 Å². The van der Waals surface area contributed by atoms with E-state index in [1.807, 2.05) is 13.8 Å². The molecule has 0 unspecified atom stereocenters. The molecule has 0 fully saturated rings. The lowest BCUT2D eigenvalue weighted by atomic mass is 9.92. The summed E-state index contributed by atoms with van der Waals surface area (Å²) in [5, 5.41) is 0. The fourth-order valence-electron chi connectivity index (χ4n) is 2.37. The van der Waals surface area contributed by atoms with Gasteiger partial charge in [0, 0.05) is 5.92 Å². The van der Waals surface area contributed by atoms with E-state index < -0.39 is 17.5 Å². The summed E-state index contributed by atoms with van der Waals surface area (Å²) in [6.45, 7) is 10.9. The zero-order valence-electron chi connectivity index (χ0n) is 15.3. The van der Waals surface area contributed by atoms with Gasteiger partial charge < -0.3 is 9.47 Å². The molecule has 1 rings (SSSR count). The Balaban J connectivity index is 2.53. The molecule has 0 saturated heterocycles. The quantitative estimate of drug-likeness (QED) is 0.726. The minimum atomic E-state index is -0.567. The van der Waals surface area contributed by atoms with Gasteiger partial charge in [0.15, 0.2) is 0 Å². The zero-order chi connectivity index (χ0) is 18.5. The molecule has 1 aromatic rings. The third-order valence-corrected chi connectivity index (χ3v) is 3.70. The van der Waals surface area contributed by atoms with Crippen LogP contribution in [-0.2, 0) is 19.1 Å². The predicted molar refractivity (Wildman–Crippen MR) is 90.2 cm³/mol. The number of aryl methyl sites for hydroxylation is 1. The second kappa shape index (κ2) is 8.27. The lowest BCUT2D eigenvalue weighted by Crippen LogP contribution is -2.25. The smallest absolute Gasteiger partial charge is 0.306 e. The summed E-state index contributed by atoms with van der Waals surface area (Å²) in [6, 6.07) is 4.57. The molecule has 0 aliphatic carbocycles. The highest BCUT2D eigenvalue weighted by Gasteiger charge is 2.22. The van der Waals surface area contributed by atoms with Gasteiger partial charge in [-0.15, -0.1) is 0 Å². The normalized spacial score (nSPS) is 14.0. The van der Waals surface area contributed by atoms with Crippen LogP contribution in [0.3, 0.4) is 0 Å². The van der Waals surface area contributed by atoms with Crippen LogP contribution < -0.4 is 0 Å². The Hall–Kier alpha value is -1.91. The Morgan fingerprint density at radius 3 is 2.25 bits per heavy atom. The highest BCUT2D eigenvalue weighted by atomic mass is 19.1. The topological polar surface area (TPSA) is 52.6 Å². The Morgan fingerprint density at radius 1 is 1.12 bits per heavy atom. The molecule has 24 heavy (non-hydrogen) atoms. The average molecular weight is 338 g/mol. The van der Waals surface area contributed by atoms with Gasteiger partial charge in [0.1, 0.15) is 17.5 Å². The van der Waals surface area contributed by atoms with E-state index in [1.165, 1.54) is 12.1 Å². The third kappa shape index (κ3) is 6.69. The number of benzene rings is 1. The minimum absolute atomic E-state index is 0.00716. The molecule has 1 aromatic carbocycles. The average Bonchev–Trinajstić information content (AvgIpc) is 2.42. The summed E-state index contributed by atoms with van der Waals surface area (Å²) in [4.78, 5) is 23.5. The van der Waals surface area contributed by atoms with Crippen molar-refractivity contribution in [1.29, 1.82) is 0 Å². The number of esters is 2. The molecule has 0 radical (unpaired) electrons. The number of carbonyl (C=O) groups excluding carboxylic acids is 2. The maximum Gasteiger partial charge on any atom is 0.306 e. The van der Waals surface area contributed by atoms with E-state index in [0.717, 1.165) is 11.1 Å². The van der Waals surface area contributed by atoms with E-state index in [0.29, 0.717) is 0 Å². The molecular formula is C19H27FO4. The Bertz CT molecular complexity index is 590. The number of hydrogen-bond acceptors (Lipinski definition) is 4. The summed E-state index contributed by atoms with van der Waals surface area (Å²) < 4.78 is 23.7. The van der Waals surface area contributed by atoms with E-state index in [-0.39, 0.29) is 30.7 Å². The van der Waals surface area contributed by atoms with Gasteiger partial charge in [0.2, 0.25) is 0 Å². The van der Waals surface area contributed by atoms with Crippen molar-refractivity contribution in [1.82, 2.24) is 0 Å². The summed E-state index contributed by atoms with van der Waals surface area (Å²) in [5.74, 6) is -1.23. The van der Waals surface area contributed by atoms with Gasteiger partial charge in [0.25, 0.3) is 0 Å². The fourth-order valence-corrected chi connectivity index (χ4v) is 2.37. The van der Waals surface area contributed by atoms with Crippen LogP contribution in [0.1, 0.15) is 64.5 Å². The molecule has 0 aliphatic rings. The van der Waals surface area contributed by atoms with Gasteiger partial charge in [-0.1, -0.05) is 13.0 Å². The number of rotatable bonds is 6. The summed E-state index contributed by atoms with van der Waals surface area (Å²) >= 11 is 0. The van der Waals surface area contributed by atoms with Crippen molar-refractivity contribution >= 4 is 11.9 Å². The van der Waals surface area contributed by atoms with Gasteiger partial charge in [-0.25, -0.2) is 4.39 Å². The van der Waals surface area contributed by atoms with Crippen LogP contribution in [0.5, 0.6) is 0 Å². The molecular weight excluding hydrogens is 311 g/mol. The number of halogens is 1. The van der Waals surface area contributed by atoms with E-state index in [9.17, 15) is 14.0 Å². The van der Waals surface area contributed by atoms with Crippen molar-refractivity contribution in [2.45, 2.75) is 72.0 Å². The van der Waals surface area contributed by atoms with E-state index >= 15 is 0 Å². The monoisotopic (exact) mass is 338 g/mol. The molecule has 134 valence electrons. The van der Waals surface area contributed by atoms with Crippen LogP contribution in [0.25, 0.3) is 0 Å². The first-order valence-corrected chi connectivity index (χ1v) is 8.17. The highest BCUT2D eigenvalue weighted by Crippen LogP contribution is 2.25. The molecule has 2 atom stereocenters. The Morgan fingerprint density at radius 2 is 1.71 bits per heavy atom. The summed E-state index contributed by atoms with van der Waals surface area (Å²) in [7, 11) is 0. The van der Waals surface area contributed by atoms with Crippen molar-refractivity contribution in [3.63, 3.8) is 0 Å². The van der Waals surface area contributed by atoms with E-state index in [1.54, 1.807) is 33.8 Å². The molecule has 5 heteroatoms. The van der Waals surface area contributed by atoms with Crippen LogP contribution >= 0.6 is 0 Å². The van der Waals surface area contributed by atoms with Gasteiger partial charge in [-0.05, 0) is 57.9 Å². The van der Waals surface area contributed by atoms with Gasteiger partial charge in [0.05, 0.1) is 12.8 Å². The number of hydrogen-bond donors (Lipinski definition) is 0. The van der Waals surface area contributed by atoms with E-state index in [4.69, 9.17) is 9.47 Å². The Kier molecular flexibility index (Phi) is 6.93. The minimum Gasteiger partial charge on any atom is -0.462 e. The Labute approximate surface area is 143 Å². The molecule has 0 N–H and O–H groups in total. The lowest BCUT2D eigenvalue weighted by Gasteiger charge is -2.23. The second-order valence-electron chi connectivity index (χ2n) is 7.07. The number of ether oxygens (including phenoxy) is 2. The standard InChI is InChI=1S/C19H27FO4/c1-12-11-15(20)7-8-16(12)13(2)14(3)23-17(21)9-10-18(22)24-19(4,5)6/h7-8,11,13-14H,9-10H2,1-6H3/t13-,14-/m0/s1. The molecule has 0 amide bonds. The summed E-state index contributed by atoms with van der Waals surface area (Å²) in [6.07, 6.45) is -0.401. The fraction of sp³-hybridized carbons (Fsp3) is 0.579. The van der Waals surface area contributed by atoms with Crippen molar-refractivity contribution in [3.8, 4) is 0 Å². The van der Waals surface area contributed by atoms with Crippen LogP contribution in [-0.4, -0.2) is 23.6 Å². The third-order valence-electron chi connectivity index (χ3n) is 3.70. The molecule has 0 aliphatic heterocycles. The molecule has 0 heterocycles. The van der Waals surface area contributed by atoms with Crippen molar-refractivity contribution < 1.29 is 23.5 Å². The molecule has 0 spiro atoms. The molecule has 4 nitrogen and oxygen atoms in total. The van der Waals surface area contributed by atoms with Gasteiger partial charge in [-0.3, -0.25) is 9.59 Å². The first-order chi connectivity index (χ1) is 11.0. The van der Waals surface area contributed by atoms with Crippen molar-refractivity contribution in [2.75, 3.05) is 0 Å². The maximum absolute atomic E-state index is 13.2. The van der Waals surface area contributed by atoms with Crippen LogP contribution in [0.15, 0.2) is 18.2 Å². The van der Waals surface area contributed by atoms with E-state index in [2.05, 4.69) is 0 Å². The zero-order valence-corrected chi connectivity index (χ0v) is 15.3. The maximum atomic E-state index is 13.2. The van der Waals surface area contributed by atoms with Crippen LogP contribution in [0.2, 0.25) is 0 Å². The first kappa shape index (κ1) is 20.1.